The zero-order chi connectivity index (χ0) is 16.9. The predicted molar refractivity (Wildman–Crippen MR) is 96.3 cm³/mol. The summed E-state index contributed by atoms with van der Waals surface area (Å²) in [7, 11) is 0. The van der Waals surface area contributed by atoms with Crippen LogP contribution in [0.3, 0.4) is 0 Å². The van der Waals surface area contributed by atoms with Crippen molar-refractivity contribution in [2.45, 2.75) is 71.6 Å². The van der Waals surface area contributed by atoms with E-state index in [0.29, 0.717) is 6.54 Å². The molecule has 0 saturated carbocycles. The monoisotopic (exact) mass is 319 g/mol. The first-order valence-electron chi connectivity index (χ1n) is 9.11. The van der Waals surface area contributed by atoms with Gasteiger partial charge in [-0.2, -0.15) is 0 Å². The molecule has 0 spiro atoms. The molecule has 1 aromatic carbocycles. The van der Waals surface area contributed by atoms with Gasteiger partial charge in [0.1, 0.15) is 6.73 Å². The first kappa shape index (κ1) is 19.7. The lowest BCUT2D eigenvalue weighted by Crippen LogP contribution is -2.30. The maximum absolute atomic E-state index is 11.2. The van der Waals surface area contributed by atoms with Crippen LogP contribution in [-0.2, 0) is 17.6 Å². The minimum absolute atomic E-state index is 0.0678. The molecule has 0 aromatic heterocycles. The van der Waals surface area contributed by atoms with Crippen molar-refractivity contribution < 1.29 is 9.90 Å². The fourth-order valence-electron chi connectivity index (χ4n) is 2.78. The van der Waals surface area contributed by atoms with E-state index in [1.165, 1.54) is 67.9 Å². The van der Waals surface area contributed by atoms with Crippen LogP contribution in [0.1, 0.15) is 69.9 Å². The highest BCUT2D eigenvalue weighted by atomic mass is 16.3. The summed E-state index contributed by atoms with van der Waals surface area (Å²) < 4.78 is 0. The summed E-state index contributed by atoms with van der Waals surface area (Å²) in [6.45, 7) is 4.17. The van der Waals surface area contributed by atoms with Crippen molar-refractivity contribution in [3.05, 3.63) is 35.4 Å². The van der Waals surface area contributed by atoms with Crippen LogP contribution >= 0.6 is 0 Å². The lowest BCUT2D eigenvalue weighted by Gasteiger charge is -2.17. The molecule has 130 valence electrons. The minimum Gasteiger partial charge on any atom is -0.376 e. The average Bonchev–Trinajstić information content (AvgIpc) is 2.55. The fourth-order valence-corrected chi connectivity index (χ4v) is 2.78. The van der Waals surface area contributed by atoms with Gasteiger partial charge in [0.25, 0.3) is 0 Å². The van der Waals surface area contributed by atoms with Gasteiger partial charge in [-0.15, -0.1) is 0 Å². The molecular formula is C20H33NO2. The van der Waals surface area contributed by atoms with Crippen LogP contribution < -0.4 is 0 Å². The lowest BCUT2D eigenvalue weighted by molar-refractivity contribution is -0.132. The molecule has 0 unspecified atom stereocenters. The van der Waals surface area contributed by atoms with Crippen molar-refractivity contribution in [1.29, 1.82) is 0 Å². The van der Waals surface area contributed by atoms with Gasteiger partial charge in [0.2, 0.25) is 5.91 Å². The Labute approximate surface area is 141 Å². The number of hydrogen-bond donors (Lipinski definition) is 1. The Morgan fingerprint density at radius 1 is 0.913 bits per heavy atom. The van der Waals surface area contributed by atoms with Crippen molar-refractivity contribution in [2.75, 3.05) is 13.3 Å². The van der Waals surface area contributed by atoms with E-state index in [0.717, 1.165) is 12.8 Å². The van der Waals surface area contributed by atoms with Crippen molar-refractivity contribution >= 4 is 5.91 Å². The van der Waals surface area contributed by atoms with Crippen LogP contribution in [-0.4, -0.2) is 29.2 Å². The Hall–Kier alpha value is -1.35. The van der Waals surface area contributed by atoms with Gasteiger partial charge in [-0.25, -0.2) is 0 Å². The minimum atomic E-state index is -0.188. The molecule has 0 aliphatic carbocycles. The number of carbonyl (C=O) groups excluding carboxylic acids is 1. The van der Waals surface area contributed by atoms with E-state index in [1.807, 2.05) is 0 Å². The molecule has 0 fully saturated rings. The van der Waals surface area contributed by atoms with Crippen LogP contribution in [0.4, 0.5) is 0 Å². The smallest absolute Gasteiger partial charge is 0.221 e. The van der Waals surface area contributed by atoms with E-state index < -0.39 is 0 Å². The largest absolute Gasteiger partial charge is 0.376 e. The Balaban J connectivity index is 2.21. The molecule has 23 heavy (non-hydrogen) atoms. The van der Waals surface area contributed by atoms with Gasteiger partial charge in [-0.3, -0.25) is 4.79 Å². The maximum atomic E-state index is 11.2. The van der Waals surface area contributed by atoms with Gasteiger partial charge >= 0.3 is 0 Å². The van der Waals surface area contributed by atoms with Gasteiger partial charge in [-0.05, 0) is 36.8 Å². The predicted octanol–water partition coefficient (Wildman–Crippen LogP) is 4.32. The number of amides is 1. The molecule has 1 rings (SSSR count). The zero-order valence-electron chi connectivity index (χ0n) is 14.9. The quantitative estimate of drug-likeness (QED) is 0.460. The van der Waals surface area contributed by atoms with Gasteiger partial charge in [0, 0.05) is 13.5 Å². The van der Waals surface area contributed by atoms with Crippen LogP contribution in [0.2, 0.25) is 0 Å². The summed E-state index contributed by atoms with van der Waals surface area (Å²) in [5.74, 6) is -0.0678. The van der Waals surface area contributed by atoms with Crippen molar-refractivity contribution in [3.8, 4) is 0 Å². The van der Waals surface area contributed by atoms with Crippen LogP contribution in [0, 0.1) is 0 Å². The molecule has 1 N–H and O–H groups in total. The third-order valence-corrected chi connectivity index (χ3v) is 4.35. The van der Waals surface area contributed by atoms with Crippen LogP contribution in [0.25, 0.3) is 0 Å². The number of benzene rings is 1. The number of carbonyl (C=O) groups is 1. The molecule has 0 aliphatic rings. The highest BCUT2D eigenvalue weighted by Crippen LogP contribution is 2.12. The van der Waals surface area contributed by atoms with Crippen molar-refractivity contribution in [1.82, 2.24) is 4.90 Å². The van der Waals surface area contributed by atoms with Crippen LogP contribution in [0.5, 0.6) is 0 Å². The highest BCUT2D eigenvalue weighted by Gasteiger charge is 2.06. The second kappa shape index (κ2) is 12.1. The molecule has 3 heteroatoms. The van der Waals surface area contributed by atoms with Crippen molar-refractivity contribution in [3.63, 3.8) is 0 Å². The topological polar surface area (TPSA) is 40.5 Å². The molecule has 1 amide bonds. The first-order valence-corrected chi connectivity index (χ1v) is 9.11. The standard InChI is InChI=1S/C20H33NO2/c1-3-4-5-6-7-8-10-19-12-14-20(15-13-19)11-9-16-21(17-22)18(2)23/h12-15,22H,3-11,16-17H2,1-2H3. The molecule has 1 aromatic rings. The summed E-state index contributed by atoms with van der Waals surface area (Å²) in [6, 6.07) is 8.86. The summed E-state index contributed by atoms with van der Waals surface area (Å²) in [4.78, 5) is 12.7. The van der Waals surface area contributed by atoms with E-state index in [2.05, 4.69) is 31.2 Å². The molecule has 0 bridgehead atoms. The SMILES string of the molecule is CCCCCCCCc1ccc(CCCN(CO)C(C)=O)cc1. The summed E-state index contributed by atoms with van der Waals surface area (Å²) in [5, 5.41) is 9.09. The van der Waals surface area contributed by atoms with Crippen LogP contribution in [0.15, 0.2) is 24.3 Å². The molecule has 0 saturated heterocycles. The van der Waals surface area contributed by atoms with Gasteiger partial charge in [-0.1, -0.05) is 63.3 Å². The van der Waals surface area contributed by atoms with Gasteiger partial charge in [0.05, 0.1) is 0 Å². The molecule has 0 aliphatic heterocycles. The van der Waals surface area contributed by atoms with E-state index in [-0.39, 0.29) is 12.6 Å². The number of hydrogen-bond acceptors (Lipinski definition) is 2. The second-order valence-electron chi connectivity index (χ2n) is 6.36. The number of aryl methyl sites for hydroxylation is 2. The maximum Gasteiger partial charge on any atom is 0.221 e. The second-order valence-corrected chi connectivity index (χ2v) is 6.36. The molecule has 0 atom stereocenters. The highest BCUT2D eigenvalue weighted by molar-refractivity contribution is 5.72. The zero-order valence-corrected chi connectivity index (χ0v) is 14.9. The Kier molecular flexibility index (Phi) is 10.4. The number of aliphatic hydroxyl groups is 1. The van der Waals surface area contributed by atoms with Gasteiger partial charge in [0.15, 0.2) is 0 Å². The average molecular weight is 319 g/mol. The van der Waals surface area contributed by atoms with E-state index in [4.69, 9.17) is 5.11 Å². The van der Waals surface area contributed by atoms with Gasteiger partial charge < -0.3 is 10.0 Å². The number of rotatable bonds is 12. The molecular weight excluding hydrogens is 286 g/mol. The number of nitrogens with zero attached hydrogens (tertiary/aromatic N) is 1. The Morgan fingerprint density at radius 3 is 1.96 bits per heavy atom. The van der Waals surface area contributed by atoms with Crippen molar-refractivity contribution in [2.24, 2.45) is 0 Å². The molecule has 0 heterocycles. The Morgan fingerprint density at radius 2 is 1.43 bits per heavy atom. The third-order valence-electron chi connectivity index (χ3n) is 4.35. The van der Waals surface area contributed by atoms with E-state index >= 15 is 0 Å². The molecule has 3 nitrogen and oxygen atoms in total. The first-order chi connectivity index (χ1) is 11.2. The number of unbranched alkanes of at least 4 members (excludes halogenated alkanes) is 5. The van der Waals surface area contributed by atoms with E-state index in [1.54, 1.807) is 0 Å². The fraction of sp³-hybridized carbons (Fsp3) is 0.650. The summed E-state index contributed by atoms with van der Waals surface area (Å²) in [6.07, 6.45) is 11.0. The summed E-state index contributed by atoms with van der Waals surface area (Å²) >= 11 is 0. The normalized spacial score (nSPS) is 10.7. The summed E-state index contributed by atoms with van der Waals surface area (Å²) in [5.41, 5.74) is 2.73. The molecule has 0 radical (unpaired) electrons. The van der Waals surface area contributed by atoms with E-state index in [9.17, 15) is 4.79 Å². The third kappa shape index (κ3) is 8.75. The Bertz CT molecular complexity index is 428. The lowest BCUT2D eigenvalue weighted by atomic mass is 10.0. The number of aliphatic hydroxyl groups excluding tert-OH is 1.